The largest absolute Gasteiger partial charge is 0.457 e. The van der Waals surface area contributed by atoms with E-state index in [9.17, 15) is 10.0 Å². The predicted octanol–water partition coefficient (Wildman–Crippen LogP) is 4.56. The molecule has 0 unspecified atom stereocenters. The molecule has 0 spiro atoms. The summed E-state index contributed by atoms with van der Waals surface area (Å²) in [7, 11) is 0. The first-order valence-corrected chi connectivity index (χ1v) is 7.75. The Morgan fingerprint density at radius 3 is 2.50 bits per heavy atom. The van der Waals surface area contributed by atoms with E-state index < -0.39 is 12.1 Å². The van der Waals surface area contributed by atoms with Crippen LogP contribution in [0.4, 0.5) is 5.69 Å². The number of hydroxylamine groups is 2. The number of nitrogens with zero attached hydrogens (tertiary/aromatic N) is 1. The van der Waals surface area contributed by atoms with Crippen LogP contribution in [0.2, 0.25) is 5.02 Å². The summed E-state index contributed by atoms with van der Waals surface area (Å²) in [5, 5.41) is 14.5. The van der Waals surface area contributed by atoms with Crippen LogP contribution in [0.15, 0.2) is 65.1 Å². The molecule has 4 rings (SSSR count). The summed E-state index contributed by atoms with van der Waals surface area (Å²) >= 11 is 6.18. The first-order valence-electron chi connectivity index (χ1n) is 7.38. The molecular formula is C18H13ClN2O3. The molecule has 0 radical (unpaired) electrons. The fourth-order valence-electron chi connectivity index (χ4n) is 2.74. The number of benzene rings is 2. The third-order valence-electron chi connectivity index (χ3n) is 3.94. The van der Waals surface area contributed by atoms with E-state index in [4.69, 9.17) is 16.0 Å². The number of nitrogens with one attached hydrogen (secondary N) is 1. The van der Waals surface area contributed by atoms with Crippen LogP contribution >= 0.6 is 11.6 Å². The molecule has 0 saturated carbocycles. The summed E-state index contributed by atoms with van der Waals surface area (Å²) < 4.78 is 5.82. The second-order valence-electron chi connectivity index (χ2n) is 5.42. The van der Waals surface area contributed by atoms with Gasteiger partial charge in [-0.05, 0) is 36.4 Å². The highest BCUT2D eigenvalue weighted by molar-refractivity contribution is 6.33. The Balaban J connectivity index is 1.71. The summed E-state index contributed by atoms with van der Waals surface area (Å²) in [5.74, 6) is 0.498. The Morgan fingerprint density at radius 1 is 1.00 bits per heavy atom. The number of rotatable bonds is 2. The van der Waals surface area contributed by atoms with Crippen molar-refractivity contribution < 1.29 is 14.4 Å². The first-order chi connectivity index (χ1) is 11.6. The van der Waals surface area contributed by atoms with Gasteiger partial charge >= 0.3 is 0 Å². The van der Waals surface area contributed by atoms with Crippen molar-refractivity contribution in [3.05, 3.63) is 77.0 Å². The number of amides is 1. The second-order valence-corrected chi connectivity index (χ2v) is 5.83. The molecule has 1 amide bonds. The third-order valence-corrected chi connectivity index (χ3v) is 4.27. The summed E-state index contributed by atoms with van der Waals surface area (Å²) in [4.78, 5) is 12.3. The molecule has 24 heavy (non-hydrogen) atoms. The van der Waals surface area contributed by atoms with Gasteiger partial charge in [0.25, 0.3) is 5.91 Å². The lowest BCUT2D eigenvalue weighted by Gasteiger charge is -2.31. The maximum absolute atomic E-state index is 12.3. The number of furan rings is 1. The molecule has 2 N–H and O–H groups in total. The minimum Gasteiger partial charge on any atom is -0.457 e. The fourth-order valence-corrected chi connectivity index (χ4v) is 2.97. The lowest BCUT2D eigenvalue weighted by Crippen LogP contribution is -2.40. The second kappa shape index (κ2) is 5.70. The van der Waals surface area contributed by atoms with Gasteiger partial charge in [-0.2, -0.15) is 5.06 Å². The van der Waals surface area contributed by atoms with Crippen molar-refractivity contribution in [2.45, 2.75) is 6.17 Å². The smallest absolute Gasteiger partial charge is 0.281 e. The highest BCUT2D eigenvalue weighted by Gasteiger charge is 2.34. The number of carbonyl (C=O) groups is 1. The van der Waals surface area contributed by atoms with Crippen LogP contribution in [0, 0.1) is 0 Å². The number of fused-ring (bicyclic) bond motifs is 1. The molecule has 0 saturated heterocycles. The number of para-hydroxylation sites is 1. The van der Waals surface area contributed by atoms with E-state index >= 15 is 0 Å². The Hall–Kier alpha value is -2.76. The third kappa shape index (κ3) is 2.35. The highest BCUT2D eigenvalue weighted by atomic mass is 35.5. The monoisotopic (exact) mass is 340 g/mol. The molecule has 0 fully saturated rings. The number of hydrogen-bond acceptors (Lipinski definition) is 4. The van der Waals surface area contributed by atoms with Crippen LogP contribution in [0.3, 0.4) is 0 Å². The van der Waals surface area contributed by atoms with Crippen molar-refractivity contribution in [2.24, 2.45) is 0 Å². The lowest BCUT2D eigenvalue weighted by atomic mass is 10.1. The lowest BCUT2D eigenvalue weighted by molar-refractivity contribution is -0.0893. The zero-order chi connectivity index (χ0) is 16.7. The van der Waals surface area contributed by atoms with E-state index in [0.29, 0.717) is 32.9 Å². The van der Waals surface area contributed by atoms with Gasteiger partial charge in [-0.25, -0.2) is 0 Å². The Labute approximate surface area is 143 Å². The molecule has 2 heterocycles. The van der Waals surface area contributed by atoms with Crippen molar-refractivity contribution in [2.75, 3.05) is 5.32 Å². The van der Waals surface area contributed by atoms with Crippen molar-refractivity contribution in [1.82, 2.24) is 5.06 Å². The van der Waals surface area contributed by atoms with E-state index in [2.05, 4.69) is 5.32 Å². The van der Waals surface area contributed by atoms with Gasteiger partial charge in [0, 0.05) is 11.3 Å². The normalized spacial score (nSPS) is 16.7. The summed E-state index contributed by atoms with van der Waals surface area (Å²) in [6, 6.07) is 17.8. The van der Waals surface area contributed by atoms with E-state index in [1.54, 1.807) is 36.4 Å². The number of hydrogen-bond donors (Lipinski definition) is 2. The van der Waals surface area contributed by atoms with Crippen LogP contribution < -0.4 is 5.32 Å². The van der Waals surface area contributed by atoms with Crippen LogP contribution in [0.25, 0.3) is 11.3 Å². The molecule has 0 bridgehead atoms. The Bertz CT molecular complexity index is 922. The molecule has 1 aromatic heterocycles. The average molecular weight is 341 g/mol. The SMILES string of the molecule is O=C1c2ccccc2N[C@H](c2ccc(-c3ccccc3Cl)o2)N1O. The van der Waals surface area contributed by atoms with E-state index in [1.165, 1.54) is 0 Å². The maximum atomic E-state index is 12.3. The van der Waals surface area contributed by atoms with E-state index in [0.717, 1.165) is 5.56 Å². The molecule has 5 nitrogen and oxygen atoms in total. The highest BCUT2D eigenvalue weighted by Crippen LogP contribution is 2.35. The van der Waals surface area contributed by atoms with Gasteiger partial charge in [-0.3, -0.25) is 10.0 Å². The molecule has 120 valence electrons. The van der Waals surface area contributed by atoms with Crippen LogP contribution in [0.5, 0.6) is 0 Å². The van der Waals surface area contributed by atoms with Gasteiger partial charge in [-0.15, -0.1) is 0 Å². The molecule has 3 aromatic rings. The zero-order valence-corrected chi connectivity index (χ0v) is 13.2. The molecule has 0 aliphatic carbocycles. The van der Waals surface area contributed by atoms with E-state index in [-0.39, 0.29) is 0 Å². The predicted molar refractivity (Wildman–Crippen MR) is 89.9 cm³/mol. The van der Waals surface area contributed by atoms with Crippen LogP contribution in [-0.4, -0.2) is 16.2 Å². The van der Waals surface area contributed by atoms with Gasteiger partial charge in [-0.1, -0.05) is 35.9 Å². The van der Waals surface area contributed by atoms with Crippen molar-refractivity contribution in [3.63, 3.8) is 0 Å². The minimum absolute atomic E-state index is 0.411. The molecule has 1 aliphatic rings. The van der Waals surface area contributed by atoms with E-state index in [1.807, 2.05) is 24.3 Å². The standard InChI is InChI=1S/C18H13ClN2O3/c19-13-7-3-1-5-11(13)15-9-10-16(24-15)17-20-14-8-4-2-6-12(14)18(22)21(17)23/h1-10,17,20,23H/t17-/m0/s1. The topological polar surface area (TPSA) is 65.7 Å². The molecular weight excluding hydrogens is 328 g/mol. The van der Waals surface area contributed by atoms with Gasteiger partial charge in [0.05, 0.1) is 10.6 Å². The Kier molecular flexibility index (Phi) is 3.52. The molecule has 2 aromatic carbocycles. The molecule has 6 heteroatoms. The summed E-state index contributed by atoms with van der Waals surface area (Å²) in [6.07, 6.45) is -0.802. The van der Waals surface area contributed by atoms with Gasteiger partial charge in [0.15, 0.2) is 6.17 Å². The summed E-state index contributed by atoms with van der Waals surface area (Å²) in [6.45, 7) is 0. The molecule has 1 atom stereocenters. The van der Waals surface area contributed by atoms with Crippen molar-refractivity contribution in [1.29, 1.82) is 0 Å². The number of carbonyl (C=O) groups excluding carboxylic acids is 1. The van der Waals surface area contributed by atoms with Crippen molar-refractivity contribution >= 4 is 23.2 Å². The van der Waals surface area contributed by atoms with Gasteiger partial charge in [0.1, 0.15) is 11.5 Å². The maximum Gasteiger partial charge on any atom is 0.281 e. The van der Waals surface area contributed by atoms with Gasteiger partial charge in [0.2, 0.25) is 0 Å². The minimum atomic E-state index is -0.802. The summed E-state index contributed by atoms with van der Waals surface area (Å²) in [5.41, 5.74) is 1.81. The number of halogens is 1. The quantitative estimate of drug-likeness (QED) is 0.671. The average Bonchev–Trinajstić information content (AvgIpc) is 3.08. The Morgan fingerprint density at radius 2 is 1.71 bits per heavy atom. The van der Waals surface area contributed by atoms with Gasteiger partial charge < -0.3 is 9.73 Å². The number of anilines is 1. The first kappa shape index (κ1) is 14.8. The van der Waals surface area contributed by atoms with Crippen LogP contribution in [0.1, 0.15) is 22.3 Å². The molecule has 1 aliphatic heterocycles. The van der Waals surface area contributed by atoms with Crippen LogP contribution in [-0.2, 0) is 0 Å². The fraction of sp³-hybridized carbons (Fsp3) is 0.0556. The van der Waals surface area contributed by atoms with Crippen molar-refractivity contribution in [3.8, 4) is 11.3 Å². The zero-order valence-electron chi connectivity index (χ0n) is 12.4.